The Balaban J connectivity index is 1.59. The minimum Gasteiger partial charge on any atom is -0.326 e. The van der Waals surface area contributed by atoms with Gasteiger partial charge in [-0.05, 0) is 61.9 Å². The van der Waals surface area contributed by atoms with Crippen molar-refractivity contribution in [1.82, 2.24) is 4.31 Å². The number of carbonyl (C=O) groups excluding carboxylic acids is 1. The third-order valence-corrected chi connectivity index (χ3v) is 6.93. The second kappa shape index (κ2) is 8.23. The fourth-order valence-electron chi connectivity index (χ4n) is 3.38. The van der Waals surface area contributed by atoms with Crippen molar-refractivity contribution in [3.63, 3.8) is 0 Å². The second-order valence-corrected chi connectivity index (χ2v) is 9.01. The number of benzene rings is 2. The number of aryl methyl sites for hydroxylation is 3. The summed E-state index contributed by atoms with van der Waals surface area (Å²) in [7, 11) is -3.38. The van der Waals surface area contributed by atoms with Gasteiger partial charge in [0.1, 0.15) is 0 Å². The van der Waals surface area contributed by atoms with Crippen molar-refractivity contribution < 1.29 is 13.2 Å². The minimum absolute atomic E-state index is 0.0406. The van der Waals surface area contributed by atoms with Crippen LogP contribution in [0, 0.1) is 13.8 Å². The van der Waals surface area contributed by atoms with Gasteiger partial charge in [0, 0.05) is 25.2 Å². The van der Waals surface area contributed by atoms with Gasteiger partial charge in [-0.15, -0.1) is 0 Å². The van der Waals surface area contributed by atoms with Crippen molar-refractivity contribution in [3.8, 4) is 0 Å². The van der Waals surface area contributed by atoms with Gasteiger partial charge < -0.3 is 5.32 Å². The number of hydrogen-bond donors (Lipinski definition) is 1. The Kier molecular flexibility index (Phi) is 5.97. The normalized spacial score (nSPS) is 15.0. The van der Waals surface area contributed by atoms with E-state index in [4.69, 9.17) is 0 Å². The number of amides is 1. The number of anilines is 1. The van der Waals surface area contributed by atoms with Crippen molar-refractivity contribution in [2.24, 2.45) is 0 Å². The standard InChI is InChI=1S/C21H26N2O3S/c1-16-6-5-7-17(2)21(16)22-20(24)13-10-18-8-11-19(12-9-18)27(25,26)23-14-3-4-15-23/h5-9,11-12H,3-4,10,13-15H2,1-2H3,(H,22,24). The molecule has 3 rings (SSSR count). The quantitative estimate of drug-likeness (QED) is 0.824. The largest absolute Gasteiger partial charge is 0.326 e. The van der Waals surface area contributed by atoms with Crippen LogP contribution in [0.4, 0.5) is 5.69 Å². The maximum atomic E-state index is 12.5. The molecule has 6 heteroatoms. The summed E-state index contributed by atoms with van der Waals surface area (Å²) in [6.07, 6.45) is 2.77. The molecule has 0 aliphatic carbocycles. The molecule has 0 saturated carbocycles. The van der Waals surface area contributed by atoms with Gasteiger partial charge in [-0.2, -0.15) is 4.31 Å². The highest BCUT2D eigenvalue weighted by molar-refractivity contribution is 7.89. The van der Waals surface area contributed by atoms with Crippen molar-refractivity contribution in [3.05, 3.63) is 59.2 Å². The van der Waals surface area contributed by atoms with Crippen LogP contribution in [0.2, 0.25) is 0 Å². The van der Waals surface area contributed by atoms with Crippen LogP contribution in [0.5, 0.6) is 0 Å². The Morgan fingerprint density at radius 2 is 1.59 bits per heavy atom. The highest BCUT2D eigenvalue weighted by Crippen LogP contribution is 2.22. The van der Waals surface area contributed by atoms with Crippen LogP contribution in [-0.2, 0) is 21.2 Å². The van der Waals surface area contributed by atoms with Gasteiger partial charge in [0.15, 0.2) is 0 Å². The molecule has 0 radical (unpaired) electrons. The van der Waals surface area contributed by atoms with E-state index in [1.165, 1.54) is 0 Å². The lowest BCUT2D eigenvalue weighted by Crippen LogP contribution is -2.27. The number of para-hydroxylation sites is 1. The first-order valence-corrected chi connectivity index (χ1v) is 10.8. The van der Waals surface area contributed by atoms with Gasteiger partial charge in [-0.25, -0.2) is 8.42 Å². The average molecular weight is 387 g/mol. The molecule has 1 aliphatic heterocycles. The molecule has 5 nitrogen and oxygen atoms in total. The molecule has 1 aliphatic rings. The van der Waals surface area contributed by atoms with Crippen LogP contribution in [0.25, 0.3) is 0 Å². The number of nitrogens with zero attached hydrogens (tertiary/aromatic N) is 1. The molecule has 0 aromatic heterocycles. The molecule has 1 fully saturated rings. The summed E-state index contributed by atoms with van der Waals surface area (Å²) in [4.78, 5) is 12.6. The molecule has 2 aromatic carbocycles. The fourth-order valence-corrected chi connectivity index (χ4v) is 4.89. The van der Waals surface area contributed by atoms with Crippen molar-refractivity contribution in [2.75, 3.05) is 18.4 Å². The summed E-state index contributed by atoms with van der Waals surface area (Å²) < 4.78 is 26.6. The first kappa shape index (κ1) is 19.6. The van der Waals surface area contributed by atoms with Gasteiger partial charge in [0.2, 0.25) is 15.9 Å². The lowest BCUT2D eigenvalue weighted by Gasteiger charge is -2.15. The summed E-state index contributed by atoms with van der Waals surface area (Å²) in [5.74, 6) is -0.0406. The van der Waals surface area contributed by atoms with E-state index in [0.717, 1.165) is 35.2 Å². The molecule has 1 saturated heterocycles. The Labute approximate surface area is 161 Å². The predicted molar refractivity (Wildman–Crippen MR) is 107 cm³/mol. The smallest absolute Gasteiger partial charge is 0.243 e. The zero-order valence-corrected chi connectivity index (χ0v) is 16.7. The van der Waals surface area contributed by atoms with Gasteiger partial charge in [0.05, 0.1) is 4.90 Å². The molecule has 0 spiro atoms. The molecule has 1 N–H and O–H groups in total. The summed E-state index contributed by atoms with van der Waals surface area (Å²) in [6.45, 7) is 5.15. The lowest BCUT2D eigenvalue weighted by atomic mass is 10.1. The number of rotatable bonds is 6. The minimum atomic E-state index is -3.38. The molecule has 27 heavy (non-hydrogen) atoms. The van der Waals surface area contributed by atoms with Gasteiger partial charge in [-0.1, -0.05) is 30.3 Å². The monoisotopic (exact) mass is 386 g/mol. The lowest BCUT2D eigenvalue weighted by molar-refractivity contribution is -0.116. The van der Waals surface area contributed by atoms with Crippen LogP contribution < -0.4 is 5.32 Å². The van der Waals surface area contributed by atoms with E-state index in [9.17, 15) is 13.2 Å². The van der Waals surface area contributed by atoms with Gasteiger partial charge >= 0.3 is 0 Å². The average Bonchev–Trinajstić information content (AvgIpc) is 3.19. The van der Waals surface area contributed by atoms with Crippen molar-refractivity contribution >= 4 is 21.6 Å². The van der Waals surface area contributed by atoms with E-state index in [1.807, 2.05) is 32.0 Å². The van der Waals surface area contributed by atoms with Gasteiger partial charge in [-0.3, -0.25) is 4.79 Å². The van der Waals surface area contributed by atoms with Crippen LogP contribution >= 0.6 is 0 Å². The number of sulfonamides is 1. The number of hydrogen-bond acceptors (Lipinski definition) is 3. The van der Waals surface area contributed by atoms with E-state index >= 15 is 0 Å². The second-order valence-electron chi connectivity index (χ2n) is 7.07. The van der Waals surface area contributed by atoms with E-state index in [2.05, 4.69) is 5.32 Å². The van der Waals surface area contributed by atoms with Crippen LogP contribution in [0.15, 0.2) is 47.4 Å². The first-order chi connectivity index (χ1) is 12.9. The topological polar surface area (TPSA) is 66.5 Å². The van der Waals surface area contributed by atoms with Crippen LogP contribution in [-0.4, -0.2) is 31.7 Å². The molecular formula is C21H26N2O3S. The third-order valence-electron chi connectivity index (χ3n) is 5.01. The van der Waals surface area contributed by atoms with E-state index < -0.39 is 10.0 Å². The van der Waals surface area contributed by atoms with E-state index in [1.54, 1.807) is 28.6 Å². The molecule has 144 valence electrons. The van der Waals surface area contributed by atoms with Crippen molar-refractivity contribution in [2.45, 2.75) is 44.4 Å². The molecule has 2 aromatic rings. The molecule has 1 heterocycles. The zero-order chi connectivity index (χ0) is 19.4. The van der Waals surface area contributed by atoms with Crippen molar-refractivity contribution in [1.29, 1.82) is 0 Å². The highest BCUT2D eigenvalue weighted by Gasteiger charge is 2.26. The summed E-state index contributed by atoms with van der Waals surface area (Å²) in [5.41, 5.74) is 3.90. The predicted octanol–water partition coefficient (Wildman–Crippen LogP) is 3.66. The fraction of sp³-hybridized carbons (Fsp3) is 0.381. The highest BCUT2D eigenvalue weighted by atomic mass is 32.2. The van der Waals surface area contributed by atoms with E-state index in [-0.39, 0.29) is 5.91 Å². The summed E-state index contributed by atoms with van der Waals surface area (Å²) >= 11 is 0. The third kappa shape index (κ3) is 4.57. The van der Waals surface area contributed by atoms with Gasteiger partial charge in [0.25, 0.3) is 0 Å². The van der Waals surface area contributed by atoms with Crippen LogP contribution in [0.1, 0.15) is 36.0 Å². The Morgan fingerprint density at radius 3 is 2.19 bits per heavy atom. The number of nitrogens with one attached hydrogen (secondary N) is 1. The summed E-state index contributed by atoms with van der Waals surface area (Å²) in [6, 6.07) is 12.8. The first-order valence-electron chi connectivity index (χ1n) is 9.33. The molecule has 0 bridgehead atoms. The zero-order valence-electron chi connectivity index (χ0n) is 15.9. The maximum absolute atomic E-state index is 12.5. The Hall–Kier alpha value is -2.18. The molecular weight excluding hydrogens is 360 g/mol. The maximum Gasteiger partial charge on any atom is 0.243 e. The van der Waals surface area contributed by atoms with E-state index in [0.29, 0.717) is 30.8 Å². The summed E-state index contributed by atoms with van der Waals surface area (Å²) in [5, 5.41) is 2.98. The number of carbonyl (C=O) groups is 1. The van der Waals surface area contributed by atoms with Crippen LogP contribution in [0.3, 0.4) is 0 Å². The Bertz CT molecular complexity index is 895. The Morgan fingerprint density at radius 1 is 1.00 bits per heavy atom. The SMILES string of the molecule is Cc1cccc(C)c1NC(=O)CCc1ccc(S(=O)(=O)N2CCCC2)cc1. The molecule has 0 atom stereocenters. The molecule has 1 amide bonds. The molecule has 0 unspecified atom stereocenters.